The summed E-state index contributed by atoms with van der Waals surface area (Å²) in [6, 6.07) is 11.0. The summed E-state index contributed by atoms with van der Waals surface area (Å²) >= 11 is 0. The zero-order valence-corrected chi connectivity index (χ0v) is 20.8. The van der Waals surface area contributed by atoms with E-state index in [4.69, 9.17) is 9.84 Å². The second-order valence-electron chi connectivity index (χ2n) is 8.89. The Labute approximate surface area is 217 Å². The minimum absolute atomic E-state index is 0.0112. The van der Waals surface area contributed by atoms with Crippen LogP contribution in [0.2, 0.25) is 0 Å². The molecule has 0 bridgehead atoms. The lowest BCUT2D eigenvalue weighted by molar-refractivity contribution is -0.274. The van der Waals surface area contributed by atoms with Gasteiger partial charge in [0.1, 0.15) is 5.75 Å². The molecule has 0 radical (unpaired) electrons. The van der Waals surface area contributed by atoms with Gasteiger partial charge < -0.3 is 30.1 Å². The first-order valence-corrected chi connectivity index (χ1v) is 12.1. The number of hydrogen-bond acceptors (Lipinski definition) is 5. The number of halogens is 3. The Kier molecular flexibility index (Phi) is 9.94. The number of nitrogens with one attached hydrogen (secondary N) is 2. The number of aliphatic carboxylic acids is 1. The number of carboxylic acid groups (broad SMARTS) is 1. The molecule has 9 nitrogen and oxygen atoms in total. The third kappa shape index (κ3) is 8.94. The summed E-state index contributed by atoms with van der Waals surface area (Å²) in [5.41, 5.74) is 1.44. The van der Waals surface area contributed by atoms with Crippen LogP contribution in [0.1, 0.15) is 48.0 Å². The highest BCUT2D eigenvalue weighted by molar-refractivity contribution is 5.94. The molecule has 38 heavy (non-hydrogen) atoms. The molecule has 1 aliphatic carbocycles. The van der Waals surface area contributed by atoms with Gasteiger partial charge in [0.25, 0.3) is 5.91 Å². The van der Waals surface area contributed by atoms with Gasteiger partial charge in [0.05, 0.1) is 12.5 Å². The number of urea groups is 1. The Morgan fingerprint density at radius 1 is 1.00 bits per heavy atom. The number of carboxylic acids is 1. The lowest BCUT2D eigenvalue weighted by atomic mass is 9.91. The van der Waals surface area contributed by atoms with Crippen molar-refractivity contribution in [3.05, 3.63) is 59.7 Å². The second kappa shape index (κ2) is 13.1. The summed E-state index contributed by atoms with van der Waals surface area (Å²) in [6.45, 7) is 0.252. The first-order valence-electron chi connectivity index (χ1n) is 12.1. The van der Waals surface area contributed by atoms with Gasteiger partial charge in [-0.1, -0.05) is 12.1 Å². The van der Waals surface area contributed by atoms with Crippen molar-refractivity contribution in [2.75, 3.05) is 19.0 Å². The molecule has 1 aliphatic rings. The van der Waals surface area contributed by atoms with Crippen molar-refractivity contribution in [3.8, 4) is 5.75 Å². The van der Waals surface area contributed by atoms with E-state index >= 15 is 0 Å². The summed E-state index contributed by atoms with van der Waals surface area (Å²) in [5, 5.41) is 14.0. The third-order valence-electron chi connectivity index (χ3n) is 6.21. The van der Waals surface area contributed by atoms with E-state index < -0.39 is 30.0 Å². The number of carbonyl (C=O) groups is 3. The van der Waals surface area contributed by atoms with Crippen molar-refractivity contribution >= 4 is 23.6 Å². The van der Waals surface area contributed by atoms with Gasteiger partial charge in [-0.05, 0) is 67.6 Å². The lowest BCUT2D eigenvalue weighted by Gasteiger charge is -2.36. The van der Waals surface area contributed by atoms with Crippen molar-refractivity contribution in [2.45, 2.75) is 57.2 Å². The van der Waals surface area contributed by atoms with Crippen LogP contribution in [-0.4, -0.2) is 60.1 Å². The predicted octanol–water partition coefficient (Wildman–Crippen LogP) is 4.78. The first kappa shape index (κ1) is 28.8. The Balaban J connectivity index is 1.69. The van der Waals surface area contributed by atoms with Gasteiger partial charge in [0.2, 0.25) is 0 Å². The number of hydrogen-bond donors (Lipinski definition) is 3. The lowest BCUT2D eigenvalue weighted by Crippen LogP contribution is -2.44. The van der Waals surface area contributed by atoms with E-state index in [1.807, 2.05) is 0 Å². The maximum Gasteiger partial charge on any atom is 0.573 e. The number of methoxy groups -OCH3 is 1. The Morgan fingerprint density at radius 3 is 2.18 bits per heavy atom. The molecule has 0 saturated heterocycles. The number of benzene rings is 2. The number of amides is 3. The van der Waals surface area contributed by atoms with Crippen molar-refractivity contribution in [1.82, 2.24) is 10.2 Å². The van der Waals surface area contributed by atoms with Gasteiger partial charge in [0.15, 0.2) is 0 Å². The molecule has 2 aromatic carbocycles. The second-order valence-corrected chi connectivity index (χ2v) is 8.89. The maximum absolute atomic E-state index is 13.3. The van der Waals surface area contributed by atoms with Crippen LogP contribution in [-0.2, 0) is 16.1 Å². The fraction of sp³-hybridized carbons (Fsp3) is 0.423. The molecule has 0 aliphatic heterocycles. The molecular weight excluding hydrogens is 507 g/mol. The van der Waals surface area contributed by atoms with Crippen molar-refractivity contribution in [1.29, 1.82) is 0 Å². The molecule has 0 aromatic heterocycles. The van der Waals surface area contributed by atoms with Crippen molar-refractivity contribution in [2.24, 2.45) is 0 Å². The van der Waals surface area contributed by atoms with E-state index in [1.54, 1.807) is 36.3 Å². The van der Waals surface area contributed by atoms with Crippen LogP contribution in [0.15, 0.2) is 48.5 Å². The predicted molar refractivity (Wildman–Crippen MR) is 132 cm³/mol. The maximum atomic E-state index is 13.3. The molecule has 3 rings (SSSR count). The highest BCUT2D eigenvalue weighted by Crippen LogP contribution is 2.28. The molecule has 1 saturated carbocycles. The van der Waals surface area contributed by atoms with Gasteiger partial charge in [-0.2, -0.15) is 0 Å². The number of nitrogens with zero attached hydrogens (tertiary/aromatic N) is 1. The minimum Gasteiger partial charge on any atom is -0.481 e. The molecular formula is C26H30F3N3O6. The molecule has 2 aromatic rings. The van der Waals surface area contributed by atoms with E-state index in [2.05, 4.69) is 15.4 Å². The molecule has 206 valence electrons. The largest absolute Gasteiger partial charge is 0.573 e. The van der Waals surface area contributed by atoms with E-state index in [-0.39, 0.29) is 31.7 Å². The molecule has 0 atom stereocenters. The third-order valence-corrected chi connectivity index (χ3v) is 6.21. The van der Waals surface area contributed by atoms with E-state index in [9.17, 15) is 27.6 Å². The van der Waals surface area contributed by atoms with Gasteiger partial charge in [-0.15, -0.1) is 13.2 Å². The van der Waals surface area contributed by atoms with Gasteiger partial charge in [-0.25, -0.2) is 4.79 Å². The molecule has 0 spiro atoms. The van der Waals surface area contributed by atoms with Gasteiger partial charge in [0, 0.05) is 37.5 Å². The normalized spacial score (nSPS) is 17.4. The van der Waals surface area contributed by atoms with Crippen molar-refractivity contribution in [3.63, 3.8) is 0 Å². The number of carbonyl (C=O) groups excluding carboxylic acids is 2. The smallest absolute Gasteiger partial charge is 0.481 e. The monoisotopic (exact) mass is 537 g/mol. The SMILES string of the molecule is COC1CCC(N(Cc2ccc(C(=O)NCCC(=O)O)cc2)C(=O)Nc2ccc(OC(F)(F)F)cc2)CC1. The van der Waals surface area contributed by atoms with Crippen LogP contribution in [0.5, 0.6) is 5.75 Å². The van der Waals surface area contributed by atoms with E-state index in [0.717, 1.165) is 30.5 Å². The van der Waals surface area contributed by atoms with Crippen LogP contribution >= 0.6 is 0 Å². The zero-order chi connectivity index (χ0) is 27.7. The molecule has 1 fully saturated rings. The molecule has 3 amide bonds. The summed E-state index contributed by atoms with van der Waals surface area (Å²) in [5.74, 6) is -1.80. The van der Waals surface area contributed by atoms with Crippen molar-refractivity contribution < 1.29 is 42.1 Å². The number of alkyl halides is 3. The van der Waals surface area contributed by atoms with Gasteiger partial charge in [-0.3, -0.25) is 9.59 Å². The van der Waals surface area contributed by atoms with Crippen LogP contribution in [0.4, 0.5) is 23.7 Å². The number of rotatable bonds is 10. The average Bonchev–Trinajstić information content (AvgIpc) is 2.87. The summed E-state index contributed by atoms with van der Waals surface area (Å²) < 4.78 is 46.6. The highest BCUT2D eigenvalue weighted by atomic mass is 19.4. The van der Waals surface area contributed by atoms with Gasteiger partial charge >= 0.3 is 18.4 Å². The Hall–Kier alpha value is -3.80. The Bertz CT molecular complexity index is 1080. The Morgan fingerprint density at radius 2 is 1.63 bits per heavy atom. The zero-order valence-electron chi connectivity index (χ0n) is 20.8. The summed E-state index contributed by atoms with van der Waals surface area (Å²) in [4.78, 5) is 37.8. The average molecular weight is 538 g/mol. The fourth-order valence-corrected chi connectivity index (χ4v) is 4.24. The van der Waals surface area contributed by atoms with E-state index in [1.165, 1.54) is 12.1 Å². The fourth-order valence-electron chi connectivity index (χ4n) is 4.24. The summed E-state index contributed by atoms with van der Waals surface area (Å²) in [6.07, 6.45) is -1.87. The standard InChI is InChI=1S/C26H30F3N3O6/c1-37-21-12-8-20(9-13-21)32(25(36)31-19-6-10-22(11-7-19)38-26(27,28)29)16-17-2-4-18(5-3-17)24(35)30-15-14-23(33)34/h2-7,10-11,20-21H,8-9,12-16H2,1H3,(H,30,35)(H,31,36)(H,33,34). The molecule has 0 heterocycles. The quantitative estimate of drug-likeness (QED) is 0.402. The minimum atomic E-state index is -4.81. The van der Waals surface area contributed by atoms with Crippen LogP contribution < -0.4 is 15.4 Å². The molecule has 0 unspecified atom stereocenters. The molecule has 3 N–H and O–H groups in total. The van der Waals surface area contributed by atoms with Crippen LogP contribution in [0.25, 0.3) is 0 Å². The number of anilines is 1. The van der Waals surface area contributed by atoms with E-state index in [0.29, 0.717) is 24.1 Å². The first-order chi connectivity index (χ1) is 18.0. The van der Waals surface area contributed by atoms with Crippen LogP contribution in [0.3, 0.4) is 0 Å². The highest BCUT2D eigenvalue weighted by Gasteiger charge is 2.31. The number of ether oxygens (including phenoxy) is 2. The molecule has 12 heteroatoms. The topological polar surface area (TPSA) is 117 Å². The summed E-state index contributed by atoms with van der Waals surface area (Å²) in [7, 11) is 1.65. The van der Waals surface area contributed by atoms with Crippen LogP contribution in [0, 0.1) is 0 Å².